The van der Waals surface area contributed by atoms with Gasteiger partial charge in [0.15, 0.2) is 6.04 Å². The Morgan fingerprint density at radius 1 is 1.29 bits per heavy atom. The molecule has 1 fully saturated rings. The van der Waals surface area contributed by atoms with Crippen LogP contribution in [-0.4, -0.2) is 28.4 Å². The van der Waals surface area contributed by atoms with Gasteiger partial charge in [-0.25, -0.2) is 4.79 Å². The molecular weight excluding hydrogens is 266 g/mol. The molecule has 110 valence electrons. The quantitative estimate of drug-likeness (QED) is 0.868. The summed E-state index contributed by atoms with van der Waals surface area (Å²) in [6.07, 6.45) is 4.62. The van der Waals surface area contributed by atoms with Crippen molar-refractivity contribution in [3.05, 3.63) is 47.0 Å². The van der Waals surface area contributed by atoms with Crippen LogP contribution in [-0.2, 0) is 16.0 Å². The predicted octanol–water partition coefficient (Wildman–Crippen LogP) is 2.55. The zero-order valence-corrected chi connectivity index (χ0v) is 12.1. The average Bonchev–Trinajstić information content (AvgIpc) is 3.30. The summed E-state index contributed by atoms with van der Waals surface area (Å²) in [4.78, 5) is 25.6. The summed E-state index contributed by atoms with van der Waals surface area (Å²) in [5.41, 5.74) is 2.84. The first-order valence-corrected chi connectivity index (χ1v) is 7.37. The molecule has 4 heteroatoms. The molecule has 0 bridgehead atoms. The van der Waals surface area contributed by atoms with Gasteiger partial charge in [-0.1, -0.05) is 29.8 Å². The van der Waals surface area contributed by atoms with Gasteiger partial charge in [0, 0.05) is 12.6 Å². The number of hydrogen-bond donors (Lipinski definition) is 1. The van der Waals surface area contributed by atoms with E-state index in [-0.39, 0.29) is 5.91 Å². The van der Waals surface area contributed by atoms with Gasteiger partial charge in [-0.3, -0.25) is 4.79 Å². The molecule has 1 aromatic carbocycles. The van der Waals surface area contributed by atoms with Crippen molar-refractivity contribution in [3.8, 4) is 0 Å². The molecule has 21 heavy (non-hydrogen) atoms. The summed E-state index contributed by atoms with van der Waals surface area (Å²) in [6.45, 7) is 2.42. The largest absolute Gasteiger partial charge is 0.479 e. The maximum atomic E-state index is 12.5. The maximum Gasteiger partial charge on any atom is 0.331 e. The SMILES string of the molecule is C/C(=C\C(=O)N1CCc2ccccc2[C@H]1C(=O)O)C1CC1. The molecule has 2 aliphatic rings. The molecule has 0 spiro atoms. The number of hydrogen-bond acceptors (Lipinski definition) is 2. The summed E-state index contributed by atoms with van der Waals surface area (Å²) >= 11 is 0. The summed E-state index contributed by atoms with van der Waals surface area (Å²) in [5, 5.41) is 9.55. The first kappa shape index (κ1) is 13.9. The highest BCUT2D eigenvalue weighted by molar-refractivity contribution is 5.92. The Morgan fingerprint density at radius 2 is 2.00 bits per heavy atom. The second kappa shape index (κ2) is 5.35. The van der Waals surface area contributed by atoms with Crippen molar-refractivity contribution >= 4 is 11.9 Å². The van der Waals surface area contributed by atoms with Crippen molar-refractivity contribution in [3.63, 3.8) is 0 Å². The number of nitrogens with zero attached hydrogens (tertiary/aromatic N) is 1. The molecule has 4 nitrogen and oxygen atoms in total. The molecular formula is C17H19NO3. The second-order valence-electron chi connectivity index (χ2n) is 5.88. The minimum atomic E-state index is -0.965. The molecule has 1 N–H and O–H groups in total. The first-order valence-electron chi connectivity index (χ1n) is 7.37. The molecule has 0 radical (unpaired) electrons. The van der Waals surface area contributed by atoms with Gasteiger partial charge in [0.05, 0.1) is 0 Å². The third-order valence-corrected chi connectivity index (χ3v) is 4.37. The number of carboxylic acid groups (broad SMARTS) is 1. The van der Waals surface area contributed by atoms with Gasteiger partial charge >= 0.3 is 5.97 Å². The number of aliphatic carboxylic acids is 1. The fourth-order valence-electron chi connectivity index (χ4n) is 3.00. The number of carboxylic acids is 1. The number of carbonyl (C=O) groups excluding carboxylic acids is 1. The molecule has 0 saturated heterocycles. The molecule has 3 rings (SSSR count). The first-order chi connectivity index (χ1) is 10.1. The van der Waals surface area contributed by atoms with E-state index in [2.05, 4.69) is 0 Å². The number of amides is 1. The van der Waals surface area contributed by atoms with Crippen LogP contribution in [0.15, 0.2) is 35.9 Å². The Bertz CT molecular complexity index is 616. The van der Waals surface area contributed by atoms with Crippen LogP contribution in [0.4, 0.5) is 0 Å². The highest BCUT2D eigenvalue weighted by atomic mass is 16.4. The van der Waals surface area contributed by atoms with Gasteiger partial charge in [0.2, 0.25) is 5.91 Å². The average molecular weight is 285 g/mol. The Hall–Kier alpha value is -2.10. The monoisotopic (exact) mass is 285 g/mol. The number of benzene rings is 1. The van der Waals surface area contributed by atoms with Gasteiger partial charge < -0.3 is 10.0 Å². The van der Waals surface area contributed by atoms with Gasteiger partial charge in [-0.2, -0.15) is 0 Å². The minimum Gasteiger partial charge on any atom is -0.479 e. The maximum absolute atomic E-state index is 12.5. The lowest BCUT2D eigenvalue weighted by Gasteiger charge is -2.34. The van der Waals surface area contributed by atoms with Crippen molar-refractivity contribution in [2.45, 2.75) is 32.2 Å². The zero-order chi connectivity index (χ0) is 15.0. The van der Waals surface area contributed by atoms with Gasteiger partial charge in [0.25, 0.3) is 0 Å². The van der Waals surface area contributed by atoms with E-state index in [1.807, 2.05) is 31.2 Å². The van der Waals surface area contributed by atoms with Crippen LogP contribution in [0.2, 0.25) is 0 Å². The van der Waals surface area contributed by atoms with E-state index in [1.54, 1.807) is 6.08 Å². The van der Waals surface area contributed by atoms with Crippen LogP contribution >= 0.6 is 0 Å². The number of fused-ring (bicyclic) bond motifs is 1. The number of rotatable bonds is 3. The molecule has 1 aliphatic carbocycles. The molecule has 1 aliphatic heterocycles. The molecule has 0 aromatic heterocycles. The molecule has 1 amide bonds. The van der Waals surface area contributed by atoms with Crippen molar-refractivity contribution in [1.82, 2.24) is 4.90 Å². The molecule has 0 unspecified atom stereocenters. The van der Waals surface area contributed by atoms with E-state index in [0.717, 1.165) is 29.5 Å². The lowest BCUT2D eigenvalue weighted by atomic mass is 9.92. The molecule has 1 heterocycles. The summed E-state index contributed by atoms with van der Waals surface area (Å²) in [6, 6.07) is 6.62. The summed E-state index contributed by atoms with van der Waals surface area (Å²) in [5.74, 6) is -0.622. The normalized spacial score (nSPS) is 21.9. The Balaban J connectivity index is 1.90. The molecule has 1 aromatic rings. The van der Waals surface area contributed by atoms with Gasteiger partial charge in [-0.05, 0) is 43.2 Å². The van der Waals surface area contributed by atoms with Crippen LogP contribution in [0, 0.1) is 5.92 Å². The lowest BCUT2D eigenvalue weighted by Crippen LogP contribution is -2.42. The standard InChI is InChI=1S/C17H19NO3/c1-11(12-6-7-12)10-15(19)18-9-8-13-4-2-3-5-14(13)16(18)17(20)21/h2-5,10,12,16H,6-9H2,1H3,(H,20,21)/b11-10+/t16-/m0/s1. The Labute approximate surface area is 124 Å². The third kappa shape index (κ3) is 2.71. The Kier molecular flexibility index (Phi) is 3.53. The van der Waals surface area contributed by atoms with Crippen LogP contribution < -0.4 is 0 Å². The summed E-state index contributed by atoms with van der Waals surface area (Å²) < 4.78 is 0. The summed E-state index contributed by atoms with van der Waals surface area (Å²) in [7, 11) is 0. The fraction of sp³-hybridized carbons (Fsp3) is 0.412. The van der Waals surface area contributed by atoms with Crippen molar-refractivity contribution in [2.75, 3.05) is 6.54 Å². The fourth-order valence-corrected chi connectivity index (χ4v) is 3.00. The van der Waals surface area contributed by atoms with Crippen molar-refractivity contribution in [1.29, 1.82) is 0 Å². The van der Waals surface area contributed by atoms with E-state index in [9.17, 15) is 14.7 Å². The van der Waals surface area contributed by atoms with Crippen LogP contribution in [0.1, 0.15) is 36.9 Å². The topological polar surface area (TPSA) is 57.6 Å². The molecule has 1 saturated carbocycles. The predicted molar refractivity (Wildman–Crippen MR) is 78.7 cm³/mol. The van der Waals surface area contributed by atoms with E-state index < -0.39 is 12.0 Å². The van der Waals surface area contributed by atoms with E-state index in [0.29, 0.717) is 18.9 Å². The zero-order valence-electron chi connectivity index (χ0n) is 12.1. The molecule has 1 atom stereocenters. The van der Waals surface area contributed by atoms with Crippen LogP contribution in [0.25, 0.3) is 0 Å². The van der Waals surface area contributed by atoms with Crippen molar-refractivity contribution in [2.24, 2.45) is 5.92 Å². The van der Waals surface area contributed by atoms with E-state index in [4.69, 9.17) is 0 Å². The van der Waals surface area contributed by atoms with Gasteiger partial charge in [0.1, 0.15) is 0 Å². The van der Waals surface area contributed by atoms with Crippen LogP contribution in [0.5, 0.6) is 0 Å². The highest BCUT2D eigenvalue weighted by Crippen LogP contribution is 2.36. The third-order valence-electron chi connectivity index (χ3n) is 4.37. The lowest BCUT2D eigenvalue weighted by molar-refractivity contribution is -0.149. The minimum absolute atomic E-state index is 0.179. The van der Waals surface area contributed by atoms with E-state index in [1.165, 1.54) is 4.90 Å². The highest BCUT2D eigenvalue weighted by Gasteiger charge is 2.35. The Morgan fingerprint density at radius 3 is 2.67 bits per heavy atom. The van der Waals surface area contributed by atoms with Gasteiger partial charge in [-0.15, -0.1) is 0 Å². The van der Waals surface area contributed by atoms with Crippen LogP contribution in [0.3, 0.4) is 0 Å². The second-order valence-corrected chi connectivity index (χ2v) is 5.88. The number of allylic oxidation sites excluding steroid dienone is 1. The van der Waals surface area contributed by atoms with E-state index >= 15 is 0 Å². The van der Waals surface area contributed by atoms with Crippen molar-refractivity contribution < 1.29 is 14.7 Å². The smallest absolute Gasteiger partial charge is 0.331 e. The number of carbonyl (C=O) groups is 2.